The molecule has 1 aliphatic carbocycles. The highest BCUT2D eigenvalue weighted by molar-refractivity contribution is 6.30. The number of halogens is 3. The van der Waals surface area contributed by atoms with Gasteiger partial charge in [-0.05, 0) is 30.9 Å². The number of benzene rings is 1. The maximum absolute atomic E-state index is 13.9. The standard InChI is InChI=1S/C15H21ClF2N2/c16-12-9-13(17)11(8-14(12)18)15(20-19)7-6-10-4-2-1-3-5-10/h8-10,15,20H,1-7,19H2. The van der Waals surface area contributed by atoms with Crippen LogP contribution in [0.1, 0.15) is 56.6 Å². The highest BCUT2D eigenvalue weighted by Crippen LogP contribution is 2.31. The van der Waals surface area contributed by atoms with Gasteiger partial charge in [0.1, 0.15) is 11.6 Å². The Morgan fingerprint density at radius 1 is 1.20 bits per heavy atom. The second-order valence-electron chi connectivity index (χ2n) is 5.59. The van der Waals surface area contributed by atoms with E-state index in [1.54, 1.807) is 0 Å². The topological polar surface area (TPSA) is 38.0 Å². The first kappa shape index (κ1) is 15.7. The van der Waals surface area contributed by atoms with Gasteiger partial charge in [-0.3, -0.25) is 11.3 Å². The zero-order valence-electron chi connectivity index (χ0n) is 11.5. The van der Waals surface area contributed by atoms with Crippen molar-refractivity contribution in [3.63, 3.8) is 0 Å². The van der Waals surface area contributed by atoms with E-state index in [-0.39, 0.29) is 16.6 Å². The van der Waals surface area contributed by atoms with Gasteiger partial charge in [0.2, 0.25) is 0 Å². The van der Waals surface area contributed by atoms with E-state index in [0.717, 1.165) is 18.6 Å². The Kier molecular flexibility index (Phi) is 5.75. The van der Waals surface area contributed by atoms with Crippen LogP contribution in [0.5, 0.6) is 0 Å². The lowest BCUT2D eigenvalue weighted by atomic mass is 9.84. The molecule has 1 aromatic rings. The Labute approximate surface area is 123 Å². The van der Waals surface area contributed by atoms with Gasteiger partial charge in [-0.1, -0.05) is 43.7 Å². The summed E-state index contributed by atoms with van der Waals surface area (Å²) in [5.41, 5.74) is 2.85. The van der Waals surface area contributed by atoms with Crippen molar-refractivity contribution in [2.24, 2.45) is 11.8 Å². The van der Waals surface area contributed by atoms with Crippen molar-refractivity contribution in [2.75, 3.05) is 0 Å². The second kappa shape index (κ2) is 7.34. The van der Waals surface area contributed by atoms with Crippen LogP contribution in [0, 0.1) is 17.6 Å². The number of hydrazine groups is 1. The Bertz CT molecular complexity index is 448. The van der Waals surface area contributed by atoms with E-state index in [9.17, 15) is 8.78 Å². The normalized spacial score (nSPS) is 18.2. The molecule has 3 N–H and O–H groups in total. The van der Waals surface area contributed by atoms with Crippen LogP contribution in [-0.4, -0.2) is 0 Å². The van der Waals surface area contributed by atoms with Gasteiger partial charge in [-0.25, -0.2) is 8.78 Å². The van der Waals surface area contributed by atoms with Gasteiger partial charge in [0.25, 0.3) is 0 Å². The summed E-state index contributed by atoms with van der Waals surface area (Å²) in [4.78, 5) is 0. The molecular weight excluding hydrogens is 282 g/mol. The van der Waals surface area contributed by atoms with Crippen LogP contribution in [0.15, 0.2) is 12.1 Å². The molecule has 2 rings (SSSR count). The summed E-state index contributed by atoms with van der Waals surface area (Å²) in [6.45, 7) is 0. The summed E-state index contributed by atoms with van der Waals surface area (Å²) in [5, 5.41) is -0.200. The van der Waals surface area contributed by atoms with Crippen molar-refractivity contribution in [1.82, 2.24) is 5.43 Å². The molecule has 0 heterocycles. The summed E-state index contributed by atoms with van der Waals surface area (Å²) in [6.07, 6.45) is 8.01. The number of hydrogen-bond donors (Lipinski definition) is 2. The summed E-state index contributed by atoms with van der Waals surface area (Å²) in [5.74, 6) is 5.06. The van der Waals surface area contributed by atoms with Crippen molar-refractivity contribution in [3.8, 4) is 0 Å². The maximum atomic E-state index is 13.9. The third kappa shape index (κ3) is 3.90. The molecule has 0 radical (unpaired) electrons. The molecule has 0 saturated heterocycles. The smallest absolute Gasteiger partial charge is 0.142 e. The average Bonchev–Trinajstić information content (AvgIpc) is 2.46. The third-order valence-electron chi connectivity index (χ3n) is 4.20. The van der Waals surface area contributed by atoms with E-state index in [1.165, 1.54) is 32.1 Å². The highest BCUT2D eigenvalue weighted by Gasteiger charge is 2.20. The molecule has 112 valence electrons. The summed E-state index contributed by atoms with van der Waals surface area (Å²) < 4.78 is 27.4. The molecule has 0 spiro atoms. The largest absolute Gasteiger partial charge is 0.271 e. The fraction of sp³-hybridized carbons (Fsp3) is 0.600. The van der Waals surface area contributed by atoms with Crippen molar-refractivity contribution in [2.45, 2.75) is 51.0 Å². The minimum Gasteiger partial charge on any atom is -0.271 e. The summed E-state index contributed by atoms with van der Waals surface area (Å²) in [7, 11) is 0. The Morgan fingerprint density at radius 3 is 2.55 bits per heavy atom. The van der Waals surface area contributed by atoms with E-state index < -0.39 is 11.6 Å². The van der Waals surface area contributed by atoms with Crippen LogP contribution in [0.4, 0.5) is 8.78 Å². The quantitative estimate of drug-likeness (QED) is 0.478. The molecule has 0 bridgehead atoms. The molecule has 20 heavy (non-hydrogen) atoms. The minimum atomic E-state index is -0.610. The van der Waals surface area contributed by atoms with Crippen LogP contribution < -0.4 is 11.3 Å². The molecule has 1 atom stereocenters. The van der Waals surface area contributed by atoms with Crippen molar-refractivity contribution in [1.29, 1.82) is 0 Å². The molecule has 1 saturated carbocycles. The Hall–Kier alpha value is -0.710. The number of hydrogen-bond acceptors (Lipinski definition) is 2. The van der Waals surface area contributed by atoms with Crippen molar-refractivity contribution >= 4 is 11.6 Å². The molecule has 0 amide bonds. The second-order valence-corrected chi connectivity index (χ2v) is 6.00. The van der Waals surface area contributed by atoms with Gasteiger partial charge in [0.15, 0.2) is 0 Å². The molecule has 0 aliphatic heterocycles. The van der Waals surface area contributed by atoms with Gasteiger partial charge >= 0.3 is 0 Å². The fourth-order valence-corrected chi connectivity index (χ4v) is 3.16. The molecule has 5 heteroatoms. The van der Waals surface area contributed by atoms with Crippen LogP contribution in [0.25, 0.3) is 0 Å². The molecular formula is C15H21ClF2N2. The number of nitrogens with one attached hydrogen (secondary N) is 1. The summed E-state index contributed by atoms with van der Waals surface area (Å²) in [6, 6.07) is 1.78. The Morgan fingerprint density at radius 2 is 1.90 bits per heavy atom. The van der Waals surface area contributed by atoms with Crippen molar-refractivity contribution in [3.05, 3.63) is 34.4 Å². The zero-order chi connectivity index (χ0) is 14.5. The molecule has 1 unspecified atom stereocenters. The van der Waals surface area contributed by atoms with Crippen molar-refractivity contribution < 1.29 is 8.78 Å². The molecule has 0 aromatic heterocycles. The first-order chi connectivity index (χ1) is 9.61. The van der Waals surface area contributed by atoms with Gasteiger partial charge in [-0.2, -0.15) is 0 Å². The molecule has 1 aliphatic rings. The van der Waals surface area contributed by atoms with Gasteiger partial charge in [0.05, 0.1) is 5.02 Å². The zero-order valence-corrected chi connectivity index (χ0v) is 12.2. The monoisotopic (exact) mass is 302 g/mol. The Balaban J connectivity index is 2.02. The van der Waals surface area contributed by atoms with E-state index in [0.29, 0.717) is 12.3 Å². The lowest BCUT2D eigenvalue weighted by molar-refractivity contribution is 0.313. The third-order valence-corrected chi connectivity index (χ3v) is 4.49. The lowest BCUT2D eigenvalue weighted by Crippen LogP contribution is -2.29. The molecule has 1 aromatic carbocycles. The van der Waals surface area contributed by atoms with E-state index >= 15 is 0 Å². The maximum Gasteiger partial charge on any atom is 0.142 e. The molecule has 1 fully saturated rings. The first-order valence-corrected chi connectivity index (χ1v) is 7.60. The fourth-order valence-electron chi connectivity index (χ4n) is 3.01. The SMILES string of the molecule is NNC(CCC1CCCCC1)c1cc(F)c(Cl)cc1F. The predicted molar refractivity (Wildman–Crippen MR) is 77.2 cm³/mol. The number of nitrogens with two attached hydrogens (primary N) is 1. The van der Waals surface area contributed by atoms with Crippen LogP contribution in [-0.2, 0) is 0 Å². The lowest BCUT2D eigenvalue weighted by Gasteiger charge is -2.24. The van der Waals surface area contributed by atoms with Crippen LogP contribution in [0.2, 0.25) is 5.02 Å². The van der Waals surface area contributed by atoms with Gasteiger partial charge in [-0.15, -0.1) is 0 Å². The van der Waals surface area contributed by atoms with Gasteiger partial charge in [0, 0.05) is 11.6 Å². The van der Waals surface area contributed by atoms with E-state index in [2.05, 4.69) is 5.43 Å². The van der Waals surface area contributed by atoms with Gasteiger partial charge < -0.3 is 0 Å². The first-order valence-electron chi connectivity index (χ1n) is 7.22. The predicted octanol–water partition coefficient (Wildman–Crippen LogP) is 4.48. The average molecular weight is 303 g/mol. The summed E-state index contributed by atoms with van der Waals surface area (Å²) >= 11 is 5.57. The van der Waals surface area contributed by atoms with E-state index in [1.807, 2.05) is 0 Å². The van der Waals surface area contributed by atoms with Crippen LogP contribution >= 0.6 is 11.6 Å². The highest BCUT2D eigenvalue weighted by atomic mass is 35.5. The number of rotatable bonds is 5. The van der Waals surface area contributed by atoms with Crippen LogP contribution in [0.3, 0.4) is 0 Å². The van der Waals surface area contributed by atoms with E-state index in [4.69, 9.17) is 17.4 Å². The molecule has 2 nitrogen and oxygen atoms in total. The minimum absolute atomic E-state index is 0.200.